The summed E-state index contributed by atoms with van der Waals surface area (Å²) in [5.41, 5.74) is 2.95. The molecule has 3 aromatic rings. The molecule has 0 bridgehead atoms. The zero-order chi connectivity index (χ0) is 29.8. The lowest BCUT2D eigenvalue weighted by molar-refractivity contribution is -0.120. The fourth-order valence-electron chi connectivity index (χ4n) is 5.22. The Morgan fingerprint density at radius 3 is 2.37 bits per heavy atom. The summed E-state index contributed by atoms with van der Waals surface area (Å²) in [6, 6.07) is 7.46. The van der Waals surface area contributed by atoms with E-state index in [0.29, 0.717) is 47.0 Å². The molecule has 0 aliphatic heterocycles. The molecule has 0 saturated heterocycles. The molecule has 0 fully saturated rings. The molecule has 0 saturated carbocycles. The highest BCUT2D eigenvalue weighted by molar-refractivity contribution is 5.96. The van der Waals surface area contributed by atoms with Gasteiger partial charge in [-0.05, 0) is 53.6 Å². The van der Waals surface area contributed by atoms with Gasteiger partial charge in [0, 0.05) is 31.8 Å². The van der Waals surface area contributed by atoms with Crippen LogP contribution in [-0.2, 0) is 23.1 Å². The molecule has 4 rings (SSSR count). The summed E-state index contributed by atoms with van der Waals surface area (Å²) >= 11 is 0. The number of anilines is 2. The Balaban J connectivity index is 1.86. The van der Waals surface area contributed by atoms with Crippen LogP contribution < -0.4 is 35.6 Å². The van der Waals surface area contributed by atoms with Crippen LogP contribution in [0, 0.1) is 5.92 Å². The van der Waals surface area contributed by atoms with Crippen LogP contribution in [0.3, 0.4) is 0 Å². The molecule has 1 aliphatic rings. The Kier molecular flexibility index (Phi) is 8.85. The summed E-state index contributed by atoms with van der Waals surface area (Å²) in [4.78, 5) is 39.1. The number of nitrogens with zero attached hydrogens (tertiary/aromatic N) is 2. The minimum absolute atomic E-state index is 0.147. The standard InChI is InChI=1S/C30H37N5O6/c1-16(2)27(30(38)33-25-12-13-35(4)34-25)32-22-11-9-19-20(15-23(22)37)21(31-17(3)36)10-8-18-14-24(39-5)28(40-6)29(41-7)26(18)19/h9,11-16,21,27H,8,10H2,1-7H3,(H,31,36)(H,32,37)(H,33,34,38)/t21-,27-/m0/s1. The van der Waals surface area contributed by atoms with Crippen molar-refractivity contribution >= 4 is 23.3 Å². The zero-order valence-corrected chi connectivity index (χ0v) is 24.5. The Morgan fingerprint density at radius 2 is 1.78 bits per heavy atom. The van der Waals surface area contributed by atoms with E-state index in [1.807, 2.05) is 26.0 Å². The topological polar surface area (TPSA) is 133 Å². The van der Waals surface area contributed by atoms with Gasteiger partial charge in [-0.25, -0.2) is 0 Å². The molecular weight excluding hydrogens is 526 g/mol. The highest BCUT2D eigenvalue weighted by Crippen LogP contribution is 2.50. The number of methoxy groups -OCH3 is 3. The van der Waals surface area contributed by atoms with Gasteiger partial charge >= 0.3 is 0 Å². The van der Waals surface area contributed by atoms with Crippen molar-refractivity contribution in [1.82, 2.24) is 15.1 Å². The van der Waals surface area contributed by atoms with Crippen LogP contribution in [0.1, 0.15) is 44.4 Å². The third-order valence-corrected chi connectivity index (χ3v) is 7.14. The summed E-state index contributed by atoms with van der Waals surface area (Å²) in [5.74, 6) is 1.16. The van der Waals surface area contributed by atoms with E-state index in [4.69, 9.17) is 14.2 Å². The van der Waals surface area contributed by atoms with Gasteiger partial charge in [0.15, 0.2) is 17.3 Å². The van der Waals surface area contributed by atoms with Gasteiger partial charge in [0.1, 0.15) is 6.04 Å². The number of fused-ring (bicyclic) bond motifs is 3. The molecule has 11 nitrogen and oxygen atoms in total. The predicted molar refractivity (Wildman–Crippen MR) is 157 cm³/mol. The first kappa shape index (κ1) is 29.4. The van der Waals surface area contributed by atoms with Crippen LogP contribution >= 0.6 is 0 Å². The first-order chi connectivity index (χ1) is 19.6. The van der Waals surface area contributed by atoms with Crippen LogP contribution in [0.15, 0.2) is 41.3 Å². The first-order valence-corrected chi connectivity index (χ1v) is 13.4. The lowest BCUT2D eigenvalue weighted by atomic mass is 9.95. The lowest BCUT2D eigenvalue weighted by Gasteiger charge is -2.21. The Morgan fingerprint density at radius 1 is 1.05 bits per heavy atom. The molecule has 3 N–H and O–H groups in total. The van der Waals surface area contributed by atoms with Gasteiger partial charge in [0.2, 0.25) is 23.0 Å². The molecule has 0 spiro atoms. The van der Waals surface area contributed by atoms with Gasteiger partial charge in [0.25, 0.3) is 0 Å². The van der Waals surface area contributed by atoms with Crippen LogP contribution in [0.2, 0.25) is 0 Å². The Labute approximate surface area is 239 Å². The molecular formula is C30H37N5O6. The second kappa shape index (κ2) is 12.3. The van der Waals surface area contributed by atoms with Crippen molar-refractivity contribution in [3.05, 3.63) is 57.9 Å². The first-order valence-electron chi connectivity index (χ1n) is 13.4. The number of aryl methyl sites for hydroxylation is 2. The van der Waals surface area contributed by atoms with Gasteiger partial charge < -0.3 is 30.2 Å². The predicted octanol–water partition coefficient (Wildman–Crippen LogP) is 3.67. The number of ether oxygens (including phenoxy) is 3. The highest BCUT2D eigenvalue weighted by Gasteiger charge is 2.30. The number of amides is 2. The lowest BCUT2D eigenvalue weighted by Crippen LogP contribution is -2.40. The maximum Gasteiger partial charge on any atom is 0.248 e. The van der Waals surface area contributed by atoms with E-state index in [9.17, 15) is 14.4 Å². The van der Waals surface area contributed by atoms with Crippen LogP contribution in [0.5, 0.6) is 17.2 Å². The summed E-state index contributed by atoms with van der Waals surface area (Å²) < 4.78 is 18.7. The van der Waals surface area contributed by atoms with Crippen molar-refractivity contribution in [2.45, 2.75) is 45.7 Å². The number of benzene rings is 1. The maximum atomic E-state index is 13.7. The van der Waals surface area contributed by atoms with Crippen molar-refractivity contribution in [1.29, 1.82) is 0 Å². The summed E-state index contributed by atoms with van der Waals surface area (Å²) in [5, 5.41) is 13.2. The van der Waals surface area contributed by atoms with E-state index >= 15 is 0 Å². The van der Waals surface area contributed by atoms with E-state index < -0.39 is 12.1 Å². The van der Waals surface area contributed by atoms with Gasteiger partial charge in [0.05, 0.1) is 33.1 Å². The maximum absolute atomic E-state index is 13.7. The molecule has 1 aliphatic carbocycles. The number of aromatic nitrogens is 2. The third kappa shape index (κ3) is 6.13. The molecule has 2 amide bonds. The van der Waals surface area contributed by atoms with Gasteiger partial charge in [-0.3, -0.25) is 19.1 Å². The molecule has 2 atom stereocenters. The molecule has 11 heteroatoms. The second-order valence-corrected chi connectivity index (χ2v) is 10.3. The summed E-state index contributed by atoms with van der Waals surface area (Å²) in [6.07, 6.45) is 2.87. The fraction of sp³-hybridized carbons (Fsp3) is 0.400. The van der Waals surface area contributed by atoms with Gasteiger partial charge in [-0.1, -0.05) is 19.9 Å². The average Bonchev–Trinajstić information content (AvgIpc) is 3.19. The van der Waals surface area contributed by atoms with Crippen molar-refractivity contribution < 1.29 is 23.8 Å². The number of carbonyl (C=O) groups is 2. The number of rotatable bonds is 9. The number of hydrogen-bond acceptors (Lipinski definition) is 8. The summed E-state index contributed by atoms with van der Waals surface area (Å²) in [7, 11) is 6.41. The number of nitrogens with one attached hydrogen (secondary N) is 3. The minimum atomic E-state index is -0.718. The minimum Gasteiger partial charge on any atom is -0.493 e. The van der Waals surface area contributed by atoms with E-state index in [1.54, 1.807) is 44.3 Å². The molecule has 218 valence electrons. The molecule has 41 heavy (non-hydrogen) atoms. The van der Waals surface area contributed by atoms with E-state index in [-0.39, 0.29) is 28.8 Å². The number of hydrogen-bond donors (Lipinski definition) is 3. The Hall–Kier alpha value is -4.54. The number of carbonyl (C=O) groups excluding carboxylic acids is 2. The van der Waals surface area contributed by atoms with Gasteiger partial charge in [-0.2, -0.15) is 5.10 Å². The van der Waals surface area contributed by atoms with Crippen molar-refractivity contribution in [2.75, 3.05) is 32.0 Å². The van der Waals surface area contributed by atoms with E-state index in [2.05, 4.69) is 21.0 Å². The van der Waals surface area contributed by atoms with Crippen molar-refractivity contribution in [2.24, 2.45) is 13.0 Å². The third-order valence-electron chi connectivity index (χ3n) is 7.14. The molecule has 1 aromatic heterocycles. The highest BCUT2D eigenvalue weighted by atomic mass is 16.5. The van der Waals surface area contributed by atoms with Crippen LogP contribution in [0.25, 0.3) is 11.1 Å². The SMILES string of the molecule is COc1cc2c(c(OC)c1OC)-c1ccc(N[C@H](C(=O)Nc3ccn(C)n3)C(C)C)c(=O)cc1[C@@H](NC(C)=O)CC2. The van der Waals surface area contributed by atoms with E-state index in [1.165, 1.54) is 20.1 Å². The monoisotopic (exact) mass is 563 g/mol. The average molecular weight is 564 g/mol. The molecule has 0 radical (unpaired) electrons. The largest absolute Gasteiger partial charge is 0.493 e. The summed E-state index contributed by atoms with van der Waals surface area (Å²) in [6.45, 7) is 5.24. The normalized spacial score (nSPS) is 14.7. The second-order valence-electron chi connectivity index (χ2n) is 10.3. The molecule has 0 unspecified atom stereocenters. The van der Waals surface area contributed by atoms with Crippen LogP contribution in [0.4, 0.5) is 11.5 Å². The quantitative estimate of drug-likeness (QED) is 0.359. The molecule has 1 heterocycles. The van der Waals surface area contributed by atoms with Crippen molar-refractivity contribution in [3.63, 3.8) is 0 Å². The Bertz CT molecular complexity index is 1520. The van der Waals surface area contributed by atoms with Crippen molar-refractivity contribution in [3.8, 4) is 28.4 Å². The zero-order valence-electron chi connectivity index (χ0n) is 24.5. The smallest absolute Gasteiger partial charge is 0.248 e. The van der Waals surface area contributed by atoms with Crippen LogP contribution in [-0.4, -0.2) is 49.0 Å². The molecule has 2 aromatic carbocycles. The van der Waals surface area contributed by atoms with Gasteiger partial charge in [-0.15, -0.1) is 0 Å². The van der Waals surface area contributed by atoms with E-state index in [0.717, 1.165) is 11.1 Å². The fourth-order valence-corrected chi connectivity index (χ4v) is 5.22.